The Balaban J connectivity index is 1.70. The lowest BCUT2D eigenvalue weighted by Gasteiger charge is -2.23. The van der Waals surface area contributed by atoms with E-state index in [0.717, 1.165) is 29.8 Å². The molecule has 0 spiro atoms. The van der Waals surface area contributed by atoms with E-state index in [4.69, 9.17) is 5.73 Å². The summed E-state index contributed by atoms with van der Waals surface area (Å²) in [5.41, 5.74) is 7.77. The maximum absolute atomic E-state index is 13.8. The maximum atomic E-state index is 13.8. The number of nitrogens with two attached hydrogens (primary N) is 1. The standard InChI is InChI=1S/C23H26F2N4O2/c1-3-19(15-7-10-18(11-8-15)29-12-4-5-21(29)30)22(31)28(2)23(26)27-14-16-6-9-17(24)13-20(16)25/h6-11,13,19H,3-5,12,14H2,1-2H3,(H2,26,27)/t19-/m0/s1. The van der Waals surface area contributed by atoms with Gasteiger partial charge in [-0.3, -0.25) is 14.5 Å². The molecule has 0 bridgehead atoms. The fourth-order valence-electron chi connectivity index (χ4n) is 3.63. The largest absolute Gasteiger partial charge is 0.369 e. The third kappa shape index (κ3) is 5.07. The lowest BCUT2D eigenvalue weighted by Crippen LogP contribution is -2.41. The molecule has 2 aromatic carbocycles. The highest BCUT2D eigenvalue weighted by molar-refractivity contribution is 5.99. The second kappa shape index (κ2) is 9.68. The van der Waals surface area contributed by atoms with Crippen molar-refractivity contribution in [2.45, 2.75) is 38.6 Å². The van der Waals surface area contributed by atoms with Crippen LogP contribution in [0.5, 0.6) is 0 Å². The molecule has 3 rings (SSSR count). The van der Waals surface area contributed by atoms with Crippen LogP contribution in [-0.4, -0.2) is 36.3 Å². The van der Waals surface area contributed by atoms with Crippen LogP contribution in [0.1, 0.15) is 43.2 Å². The third-order valence-corrected chi connectivity index (χ3v) is 5.49. The quantitative estimate of drug-likeness (QED) is 0.564. The highest BCUT2D eigenvalue weighted by atomic mass is 19.1. The fraction of sp³-hybridized carbons (Fsp3) is 0.348. The van der Waals surface area contributed by atoms with Crippen LogP contribution >= 0.6 is 0 Å². The Morgan fingerprint density at radius 3 is 2.52 bits per heavy atom. The van der Waals surface area contributed by atoms with Gasteiger partial charge in [0.15, 0.2) is 5.96 Å². The van der Waals surface area contributed by atoms with Crippen LogP contribution in [0.3, 0.4) is 0 Å². The molecule has 0 saturated carbocycles. The molecule has 31 heavy (non-hydrogen) atoms. The number of guanidine groups is 1. The molecule has 0 radical (unpaired) electrons. The topological polar surface area (TPSA) is 79.0 Å². The lowest BCUT2D eigenvalue weighted by atomic mass is 9.95. The lowest BCUT2D eigenvalue weighted by molar-refractivity contribution is -0.128. The summed E-state index contributed by atoms with van der Waals surface area (Å²) in [5.74, 6) is -2.01. The molecule has 1 atom stereocenters. The molecule has 8 heteroatoms. The first-order chi connectivity index (χ1) is 14.8. The first kappa shape index (κ1) is 22.4. The van der Waals surface area contributed by atoms with Crippen LogP contribution in [0.15, 0.2) is 47.5 Å². The minimum Gasteiger partial charge on any atom is -0.369 e. The molecule has 2 N–H and O–H groups in total. The van der Waals surface area contributed by atoms with Crippen molar-refractivity contribution in [2.24, 2.45) is 10.7 Å². The fourth-order valence-corrected chi connectivity index (χ4v) is 3.63. The number of hydrogen-bond donors (Lipinski definition) is 1. The van der Waals surface area contributed by atoms with E-state index in [-0.39, 0.29) is 29.9 Å². The van der Waals surface area contributed by atoms with Crippen molar-refractivity contribution in [3.63, 3.8) is 0 Å². The van der Waals surface area contributed by atoms with Crippen molar-refractivity contribution in [1.82, 2.24) is 4.90 Å². The van der Waals surface area contributed by atoms with Gasteiger partial charge in [0.05, 0.1) is 12.5 Å². The molecule has 0 aliphatic carbocycles. The summed E-state index contributed by atoms with van der Waals surface area (Å²) in [5, 5.41) is 0. The molecular formula is C23H26F2N4O2. The smallest absolute Gasteiger partial charge is 0.236 e. The van der Waals surface area contributed by atoms with Gasteiger partial charge in [-0.25, -0.2) is 13.8 Å². The average molecular weight is 428 g/mol. The highest BCUT2D eigenvalue weighted by Crippen LogP contribution is 2.27. The Morgan fingerprint density at radius 1 is 1.23 bits per heavy atom. The van der Waals surface area contributed by atoms with E-state index in [1.54, 1.807) is 4.90 Å². The van der Waals surface area contributed by atoms with Crippen molar-refractivity contribution in [2.75, 3.05) is 18.5 Å². The molecule has 0 unspecified atom stereocenters. The van der Waals surface area contributed by atoms with Crippen LogP contribution in [0.4, 0.5) is 14.5 Å². The van der Waals surface area contributed by atoms with Gasteiger partial charge in [-0.2, -0.15) is 0 Å². The van der Waals surface area contributed by atoms with E-state index < -0.39 is 17.6 Å². The number of halogens is 2. The number of aliphatic imine (C=N–C) groups is 1. The van der Waals surface area contributed by atoms with E-state index in [2.05, 4.69) is 4.99 Å². The summed E-state index contributed by atoms with van der Waals surface area (Å²) < 4.78 is 26.8. The predicted molar refractivity (Wildman–Crippen MR) is 116 cm³/mol. The van der Waals surface area contributed by atoms with Crippen LogP contribution in [0, 0.1) is 11.6 Å². The Labute approximate surface area is 180 Å². The van der Waals surface area contributed by atoms with Gasteiger partial charge in [0, 0.05) is 37.3 Å². The van der Waals surface area contributed by atoms with E-state index in [1.807, 2.05) is 31.2 Å². The van der Waals surface area contributed by atoms with Crippen molar-refractivity contribution < 1.29 is 18.4 Å². The van der Waals surface area contributed by atoms with Crippen molar-refractivity contribution in [3.05, 3.63) is 65.2 Å². The summed E-state index contributed by atoms with van der Waals surface area (Å²) in [4.78, 5) is 32.0. The van der Waals surface area contributed by atoms with E-state index in [1.165, 1.54) is 18.0 Å². The number of likely N-dealkylation sites (N-methyl/N-ethyl adjacent to an activating group) is 1. The number of nitrogens with zero attached hydrogens (tertiary/aromatic N) is 3. The van der Waals surface area contributed by atoms with Crippen molar-refractivity contribution >= 4 is 23.5 Å². The summed E-state index contributed by atoms with van der Waals surface area (Å²) >= 11 is 0. The molecule has 1 fully saturated rings. The first-order valence-corrected chi connectivity index (χ1v) is 10.2. The molecule has 1 aliphatic heterocycles. The number of carbonyl (C=O) groups is 2. The van der Waals surface area contributed by atoms with Crippen LogP contribution in [0.2, 0.25) is 0 Å². The van der Waals surface area contributed by atoms with Gasteiger partial charge in [-0.05, 0) is 36.6 Å². The minimum absolute atomic E-state index is 0.0496. The summed E-state index contributed by atoms with van der Waals surface area (Å²) in [6.07, 6.45) is 1.95. The van der Waals surface area contributed by atoms with Crippen molar-refractivity contribution in [3.8, 4) is 0 Å². The Kier molecular flexibility index (Phi) is 6.99. The molecule has 1 aliphatic rings. The second-order valence-corrected chi connectivity index (χ2v) is 7.51. The summed E-state index contributed by atoms with van der Waals surface area (Å²) in [7, 11) is 1.52. The monoisotopic (exact) mass is 428 g/mol. The van der Waals surface area contributed by atoms with Gasteiger partial charge in [0.1, 0.15) is 11.6 Å². The number of carbonyl (C=O) groups excluding carboxylic acids is 2. The summed E-state index contributed by atoms with van der Waals surface area (Å²) in [6.45, 7) is 2.50. The van der Waals surface area contributed by atoms with Gasteiger partial charge < -0.3 is 10.6 Å². The normalized spacial score (nSPS) is 15.3. The number of anilines is 1. The Bertz CT molecular complexity index is 992. The van der Waals surface area contributed by atoms with E-state index >= 15 is 0 Å². The van der Waals surface area contributed by atoms with Crippen LogP contribution < -0.4 is 10.6 Å². The molecule has 6 nitrogen and oxygen atoms in total. The van der Waals surface area contributed by atoms with Gasteiger partial charge in [-0.15, -0.1) is 0 Å². The Hall–Kier alpha value is -3.29. The second-order valence-electron chi connectivity index (χ2n) is 7.51. The number of amides is 2. The zero-order chi connectivity index (χ0) is 22.5. The molecule has 2 aromatic rings. The predicted octanol–water partition coefficient (Wildman–Crippen LogP) is 3.56. The molecule has 1 saturated heterocycles. The van der Waals surface area contributed by atoms with E-state index in [0.29, 0.717) is 19.4 Å². The average Bonchev–Trinajstić information content (AvgIpc) is 3.19. The van der Waals surface area contributed by atoms with Crippen LogP contribution in [0.25, 0.3) is 0 Å². The minimum atomic E-state index is -0.714. The van der Waals surface area contributed by atoms with Gasteiger partial charge in [0.25, 0.3) is 0 Å². The zero-order valence-electron chi connectivity index (χ0n) is 17.6. The van der Waals surface area contributed by atoms with Gasteiger partial charge in [-0.1, -0.05) is 25.1 Å². The number of rotatable bonds is 6. The molecule has 1 heterocycles. The molecular weight excluding hydrogens is 402 g/mol. The first-order valence-electron chi connectivity index (χ1n) is 10.2. The van der Waals surface area contributed by atoms with E-state index in [9.17, 15) is 18.4 Å². The maximum Gasteiger partial charge on any atom is 0.236 e. The van der Waals surface area contributed by atoms with Gasteiger partial charge in [0.2, 0.25) is 11.8 Å². The summed E-state index contributed by atoms with van der Waals surface area (Å²) in [6, 6.07) is 10.6. The molecule has 164 valence electrons. The third-order valence-electron chi connectivity index (χ3n) is 5.49. The molecule has 2 amide bonds. The number of hydrogen-bond acceptors (Lipinski definition) is 3. The molecule has 0 aromatic heterocycles. The number of benzene rings is 2. The Morgan fingerprint density at radius 2 is 1.94 bits per heavy atom. The van der Waals surface area contributed by atoms with Gasteiger partial charge >= 0.3 is 0 Å². The van der Waals surface area contributed by atoms with Crippen LogP contribution in [-0.2, 0) is 16.1 Å². The zero-order valence-corrected chi connectivity index (χ0v) is 17.6. The van der Waals surface area contributed by atoms with Crippen molar-refractivity contribution in [1.29, 1.82) is 0 Å². The SMILES string of the molecule is CC[C@H](C(=O)N(C)C(N)=NCc1ccc(F)cc1F)c1ccc(N2CCCC2=O)cc1. The highest BCUT2D eigenvalue weighted by Gasteiger charge is 2.26.